The molecular weight excluding hydrogens is 416 g/mol. The SMILES string of the molecule is Cc1cc(C)c(C)c(OCC(=O)NCCOc2ccc(S(=O)(=O)N3CCCC3)cc2)c1. The number of ether oxygens (including phenoxy) is 2. The van der Waals surface area contributed by atoms with Gasteiger partial charge in [-0.1, -0.05) is 6.07 Å². The average molecular weight is 447 g/mol. The third-order valence-corrected chi connectivity index (χ3v) is 7.26. The van der Waals surface area contributed by atoms with Crippen molar-refractivity contribution in [2.45, 2.75) is 38.5 Å². The molecule has 1 fully saturated rings. The van der Waals surface area contributed by atoms with Gasteiger partial charge in [0.15, 0.2) is 6.61 Å². The number of nitrogens with one attached hydrogen (secondary N) is 1. The van der Waals surface area contributed by atoms with Crippen LogP contribution in [0.2, 0.25) is 0 Å². The van der Waals surface area contributed by atoms with Crippen LogP contribution in [-0.4, -0.2) is 51.5 Å². The summed E-state index contributed by atoms with van der Waals surface area (Å²) in [6.07, 6.45) is 1.81. The normalized spacial score (nSPS) is 14.4. The monoisotopic (exact) mass is 446 g/mol. The van der Waals surface area contributed by atoms with E-state index in [0.29, 0.717) is 31.1 Å². The first-order chi connectivity index (χ1) is 14.8. The zero-order chi connectivity index (χ0) is 22.4. The lowest BCUT2D eigenvalue weighted by atomic mass is 10.1. The maximum Gasteiger partial charge on any atom is 0.258 e. The van der Waals surface area contributed by atoms with Crippen LogP contribution in [0.3, 0.4) is 0 Å². The van der Waals surface area contributed by atoms with Crippen LogP contribution in [0, 0.1) is 20.8 Å². The van der Waals surface area contributed by atoms with Crippen molar-refractivity contribution in [1.29, 1.82) is 0 Å². The van der Waals surface area contributed by atoms with Gasteiger partial charge in [-0.15, -0.1) is 0 Å². The summed E-state index contributed by atoms with van der Waals surface area (Å²) < 4.78 is 37.8. The highest BCUT2D eigenvalue weighted by molar-refractivity contribution is 7.89. The molecule has 0 aliphatic carbocycles. The molecule has 0 atom stereocenters. The van der Waals surface area contributed by atoms with Crippen LogP contribution in [0.5, 0.6) is 11.5 Å². The summed E-state index contributed by atoms with van der Waals surface area (Å²) in [6, 6.07) is 10.4. The predicted molar refractivity (Wildman–Crippen MR) is 119 cm³/mol. The fourth-order valence-corrected chi connectivity index (χ4v) is 5.01. The molecule has 0 unspecified atom stereocenters. The summed E-state index contributed by atoms with van der Waals surface area (Å²) >= 11 is 0. The van der Waals surface area contributed by atoms with Gasteiger partial charge in [0.1, 0.15) is 18.1 Å². The average Bonchev–Trinajstić information content (AvgIpc) is 3.29. The summed E-state index contributed by atoms with van der Waals surface area (Å²) in [5.41, 5.74) is 3.24. The summed E-state index contributed by atoms with van der Waals surface area (Å²) in [4.78, 5) is 12.3. The maximum absolute atomic E-state index is 12.5. The van der Waals surface area contributed by atoms with Crippen LogP contribution < -0.4 is 14.8 Å². The Morgan fingerprint density at radius 2 is 1.71 bits per heavy atom. The first-order valence-electron chi connectivity index (χ1n) is 10.5. The molecule has 2 aromatic rings. The van der Waals surface area contributed by atoms with Gasteiger partial charge in [0.2, 0.25) is 10.0 Å². The van der Waals surface area contributed by atoms with Crippen molar-refractivity contribution in [2.24, 2.45) is 0 Å². The molecule has 0 bridgehead atoms. The third-order valence-electron chi connectivity index (χ3n) is 5.34. The second kappa shape index (κ2) is 10.2. The molecule has 1 aliphatic heterocycles. The Bertz CT molecular complexity index is 1010. The standard InChI is InChI=1S/C23H30N2O5S/c1-17-14-18(2)19(3)22(15-17)30-16-23(26)24-10-13-29-20-6-8-21(9-7-20)31(27,28)25-11-4-5-12-25/h6-9,14-15H,4-5,10-13,16H2,1-3H3,(H,24,26). The molecule has 0 saturated carbocycles. The number of rotatable bonds is 9. The largest absolute Gasteiger partial charge is 0.492 e. The Balaban J connectivity index is 1.41. The van der Waals surface area contributed by atoms with Crippen LogP contribution in [0.25, 0.3) is 0 Å². The minimum absolute atomic E-state index is 0.0627. The summed E-state index contributed by atoms with van der Waals surface area (Å²) in [7, 11) is -3.42. The number of amides is 1. The van der Waals surface area contributed by atoms with E-state index in [0.717, 1.165) is 29.5 Å². The number of sulfonamides is 1. The third kappa shape index (κ3) is 5.98. The molecule has 31 heavy (non-hydrogen) atoms. The van der Waals surface area contributed by atoms with Crippen molar-refractivity contribution in [2.75, 3.05) is 32.8 Å². The van der Waals surface area contributed by atoms with Gasteiger partial charge >= 0.3 is 0 Å². The van der Waals surface area contributed by atoms with Crippen molar-refractivity contribution in [3.63, 3.8) is 0 Å². The van der Waals surface area contributed by atoms with Crippen LogP contribution >= 0.6 is 0 Å². The van der Waals surface area contributed by atoms with Crippen molar-refractivity contribution >= 4 is 15.9 Å². The second-order valence-corrected chi connectivity index (χ2v) is 9.71. The fourth-order valence-electron chi connectivity index (χ4n) is 3.49. The molecule has 7 nitrogen and oxygen atoms in total. The molecule has 0 spiro atoms. The van der Waals surface area contributed by atoms with Crippen LogP contribution in [0.15, 0.2) is 41.3 Å². The molecule has 1 saturated heterocycles. The van der Waals surface area contributed by atoms with E-state index in [-0.39, 0.29) is 24.0 Å². The van der Waals surface area contributed by atoms with Gasteiger partial charge in [-0.25, -0.2) is 8.42 Å². The molecule has 1 N–H and O–H groups in total. The minimum atomic E-state index is -3.42. The first kappa shape index (κ1) is 23.1. The molecule has 0 aromatic heterocycles. The van der Waals surface area contributed by atoms with Crippen molar-refractivity contribution in [3.8, 4) is 11.5 Å². The number of hydrogen-bond acceptors (Lipinski definition) is 5. The fraction of sp³-hybridized carbons (Fsp3) is 0.435. The van der Waals surface area contributed by atoms with E-state index in [1.54, 1.807) is 24.3 Å². The zero-order valence-electron chi connectivity index (χ0n) is 18.3. The molecule has 8 heteroatoms. The van der Waals surface area contributed by atoms with Gasteiger partial charge in [0.05, 0.1) is 11.4 Å². The summed E-state index contributed by atoms with van der Waals surface area (Å²) in [5, 5.41) is 2.75. The van der Waals surface area contributed by atoms with E-state index in [1.165, 1.54) is 4.31 Å². The Morgan fingerprint density at radius 3 is 2.39 bits per heavy atom. The molecular formula is C23H30N2O5S. The van der Waals surface area contributed by atoms with Gasteiger partial charge in [-0.05, 0) is 80.6 Å². The van der Waals surface area contributed by atoms with Crippen molar-refractivity contribution in [3.05, 3.63) is 53.1 Å². The molecule has 0 radical (unpaired) electrons. The number of carbonyl (C=O) groups excluding carboxylic acids is 1. The summed E-state index contributed by atoms with van der Waals surface area (Å²) in [6.45, 7) is 7.66. The Kier molecular flexibility index (Phi) is 7.56. The van der Waals surface area contributed by atoms with Crippen molar-refractivity contribution < 1.29 is 22.7 Å². The number of hydrogen-bond donors (Lipinski definition) is 1. The van der Waals surface area contributed by atoms with Crippen LogP contribution in [0.4, 0.5) is 0 Å². The van der Waals surface area contributed by atoms with E-state index in [9.17, 15) is 13.2 Å². The zero-order valence-corrected chi connectivity index (χ0v) is 19.1. The van der Waals surface area contributed by atoms with E-state index >= 15 is 0 Å². The lowest BCUT2D eigenvalue weighted by Gasteiger charge is -2.15. The number of aryl methyl sites for hydroxylation is 2. The molecule has 1 amide bonds. The highest BCUT2D eigenvalue weighted by atomic mass is 32.2. The molecule has 1 heterocycles. The molecule has 2 aromatic carbocycles. The van der Waals surface area contributed by atoms with Gasteiger partial charge in [-0.2, -0.15) is 4.31 Å². The maximum atomic E-state index is 12.5. The van der Waals surface area contributed by atoms with E-state index in [4.69, 9.17) is 9.47 Å². The first-order valence-corrected chi connectivity index (χ1v) is 11.9. The highest BCUT2D eigenvalue weighted by Gasteiger charge is 2.26. The topological polar surface area (TPSA) is 84.9 Å². The predicted octanol–water partition coefficient (Wildman–Crippen LogP) is 2.97. The second-order valence-electron chi connectivity index (χ2n) is 7.77. The lowest BCUT2D eigenvalue weighted by Crippen LogP contribution is -2.32. The molecule has 168 valence electrons. The van der Waals surface area contributed by atoms with E-state index in [2.05, 4.69) is 11.4 Å². The van der Waals surface area contributed by atoms with E-state index < -0.39 is 10.0 Å². The number of carbonyl (C=O) groups is 1. The van der Waals surface area contributed by atoms with Gasteiger partial charge in [0, 0.05) is 13.1 Å². The van der Waals surface area contributed by atoms with Gasteiger partial charge in [-0.3, -0.25) is 4.79 Å². The number of benzene rings is 2. The van der Waals surface area contributed by atoms with Gasteiger partial charge < -0.3 is 14.8 Å². The molecule has 3 rings (SSSR count). The van der Waals surface area contributed by atoms with Crippen LogP contribution in [-0.2, 0) is 14.8 Å². The quantitative estimate of drug-likeness (QED) is 0.599. The van der Waals surface area contributed by atoms with Crippen LogP contribution in [0.1, 0.15) is 29.5 Å². The van der Waals surface area contributed by atoms with E-state index in [1.807, 2.05) is 26.8 Å². The smallest absolute Gasteiger partial charge is 0.258 e. The molecule has 1 aliphatic rings. The lowest BCUT2D eigenvalue weighted by molar-refractivity contribution is -0.123. The Labute approximate surface area is 184 Å². The highest BCUT2D eigenvalue weighted by Crippen LogP contribution is 2.24. The summed E-state index contributed by atoms with van der Waals surface area (Å²) in [5.74, 6) is 1.04. The van der Waals surface area contributed by atoms with Gasteiger partial charge in [0.25, 0.3) is 5.91 Å². The Hall–Kier alpha value is -2.58. The number of nitrogens with zero attached hydrogens (tertiary/aromatic N) is 1. The van der Waals surface area contributed by atoms with Crippen molar-refractivity contribution in [1.82, 2.24) is 9.62 Å². The Morgan fingerprint density at radius 1 is 1.03 bits per heavy atom. The minimum Gasteiger partial charge on any atom is -0.492 e.